The second kappa shape index (κ2) is 8.21. The van der Waals surface area contributed by atoms with Crippen molar-refractivity contribution in [2.75, 3.05) is 27.2 Å². The van der Waals surface area contributed by atoms with Gasteiger partial charge in [-0.15, -0.1) is 12.4 Å². The molecule has 0 unspecified atom stereocenters. The monoisotopic (exact) mass is 322 g/mol. The number of carbonyl (C=O) groups is 1. The quantitative estimate of drug-likeness (QED) is 0.595. The number of esters is 1. The normalized spacial score (nSPS) is 10.8. The Morgan fingerprint density at radius 3 is 2.45 bits per heavy atom. The molecule has 1 aromatic rings. The van der Waals surface area contributed by atoms with E-state index in [1.54, 1.807) is 14.0 Å². The van der Waals surface area contributed by atoms with E-state index in [0.717, 1.165) is 0 Å². The van der Waals surface area contributed by atoms with Gasteiger partial charge in [0.2, 0.25) is 10.0 Å². The molecule has 1 rings (SSSR count). The van der Waals surface area contributed by atoms with Crippen molar-refractivity contribution < 1.29 is 17.9 Å². The van der Waals surface area contributed by atoms with Crippen molar-refractivity contribution in [3.8, 4) is 0 Å². The summed E-state index contributed by atoms with van der Waals surface area (Å²) in [5.41, 5.74) is 0.828. The van der Waals surface area contributed by atoms with Gasteiger partial charge in [-0.05, 0) is 37.7 Å². The molecule has 8 heteroatoms. The van der Waals surface area contributed by atoms with Crippen LogP contribution in [0.3, 0.4) is 0 Å². The number of ether oxygens (including phenoxy) is 1. The molecule has 0 saturated heterocycles. The number of halogens is 1. The van der Waals surface area contributed by atoms with Crippen molar-refractivity contribution in [2.45, 2.75) is 11.8 Å². The molecule has 0 amide bonds. The highest BCUT2D eigenvalue weighted by atomic mass is 35.5. The molecule has 0 radical (unpaired) electrons. The molecule has 0 saturated carbocycles. The zero-order valence-corrected chi connectivity index (χ0v) is 13.2. The van der Waals surface area contributed by atoms with Gasteiger partial charge in [-0.25, -0.2) is 17.9 Å². The zero-order valence-electron chi connectivity index (χ0n) is 11.6. The summed E-state index contributed by atoms with van der Waals surface area (Å²) in [6, 6.07) is 4.34. The Hall–Kier alpha value is -1.15. The molecule has 6 nitrogen and oxygen atoms in total. The number of likely N-dealkylation sites (N-methyl/N-ethyl adjacent to an activating group) is 1. The second-order valence-corrected chi connectivity index (χ2v) is 5.71. The van der Waals surface area contributed by atoms with Crippen LogP contribution in [0, 0.1) is 6.92 Å². The first-order chi connectivity index (χ1) is 8.92. The van der Waals surface area contributed by atoms with Crippen molar-refractivity contribution in [3.63, 3.8) is 0 Å². The maximum Gasteiger partial charge on any atom is 0.337 e. The van der Waals surface area contributed by atoms with Crippen molar-refractivity contribution >= 4 is 28.4 Å². The Bertz CT molecular complexity index is 561. The SMILES string of the molecule is CNCCNS(=O)(=O)c1ccc(C(=O)OC)cc1C.Cl. The van der Waals surface area contributed by atoms with Crippen molar-refractivity contribution in [1.29, 1.82) is 0 Å². The molecule has 20 heavy (non-hydrogen) atoms. The number of hydrogen-bond acceptors (Lipinski definition) is 5. The summed E-state index contributed by atoms with van der Waals surface area (Å²) in [6.07, 6.45) is 0. The predicted octanol–water partition coefficient (Wildman–Crippen LogP) is 0.701. The lowest BCUT2D eigenvalue weighted by Gasteiger charge is -2.10. The molecule has 0 fully saturated rings. The molecule has 0 aliphatic heterocycles. The van der Waals surface area contributed by atoms with Gasteiger partial charge in [0.15, 0.2) is 0 Å². The fourth-order valence-corrected chi connectivity index (χ4v) is 2.84. The van der Waals surface area contributed by atoms with E-state index in [-0.39, 0.29) is 17.3 Å². The van der Waals surface area contributed by atoms with Crippen LogP contribution < -0.4 is 10.0 Å². The van der Waals surface area contributed by atoms with Gasteiger partial charge in [-0.1, -0.05) is 0 Å². The van der Waals surface area contributed by atoms with Gasteiger partial charge in [-0.3, -0.25) is 0 Å². The van der Waals surface area contributed by atoms with Crippen molar-refractivity contribution in [1.82, 2.24) is 10.0 Å². The highest BCUT2D eigenvalue weighted by Gasteiger charge is 2.17. The van der Waals surface area contributed by atoms with Gasteiger partial charge >= 0.3 is 5.97 Å². The number of hydrogen-bond donors (Lipinski definition) is 2. The zero-order chi connectivity index (χ0) is 14.5. The van der Waals surface area contributed by atoms with Crippen molar-refractivity contribution in [3.05, 3.63) is 29.3 Å². The second-order valence-electron chi connectivity index (χ2n) is 3.97. The minimum atomic E-state index is -3.55. The van der Waals surface area contributed by atoms with E-state index in [0.29, 0.717) is 24.2 Å². The van der Waals surface area contributed by atoms with Crippen LogP contribution >= 0.6 is 12.4 Å². The number of nitrogens with one attached hydrogen (secondary N) is 2. The first kappa shape index (κ1) is 18.9. The van der Waals surface area contributed by atoms with E-state index in [4.69, 9.17) is 0 Å². The summed E-state index contributed by atoms with van der Waals surface area (Å²) in [5, 5.41) is 2.85. The molecule has 0 aromatic heterocycles. The highest BCUT2D eigenvalue weighted by Crippen LogP contribution is 2.17. The van der Waals surface area contributed by atoms with E-state index in [2.05, 4.69) is 14.8 Å². The minimum Gasteiger partial charge on any atom is -0.465 e. The van der Waals surface area contributed by atoms with E-state index < -0.39 is 16.0 Å². The standard InChI is InChI=1S/C12H18N2O4S.ClH/c1-9-8-10(12(15)18-3)4-5-11(9)19(16,17)14-7-6-13-2;/h4-5,8,13-14H,6-7H2,1-3H3;1H. The predicted molar refractivity (Wildman–Crippen MR) is 78.9 cm³/mol. The maximum atomic E-state index is 12.0. The molecule has 1 aromatic carbocycles. The van der Waals surface area contributed by atoms with E-state index in [9.17, 15) is 13.2 Å². The molecule has 0 aliphatic rings. The number of carbonyl (C=O) groups excluding carboxylic acids is 1. The van der Waals surface area contributed by atoms with Crippen LogP contribution in [0.15, 0.2) is 23.1 Å². The Labute approximate surface area is 125 Å². The summed E-state index contributed by atoms with van der Waals surface area (Å²) < 4.78 is 31.1. The number of sulfonamides is 1. The highest BCUT2D eigenvalue weighted by molar-refractivity contribution is 7.89. The maximum absolute atomic E-state index is 12.0. The topological polar surface area (TPSA) is 84.5 Å². The van der Waals surface area contributed by atoms with E-state index in [1.807, 2.05) is 0 Å². The number of aryl methyl sites for hydroxylation is 1. The third-order valence-corrected chi connectivity index (χ3v) is 4.17. The number of methoxy groups -OCH3 is 1. The summed E-state index contributed by atoms with van der Waals surface area (Å²) in [7, 11) is -0.534. The fraction of sp³-hybridized carbons (Fsp3) is 0.417. The van der Waals surface area contributed by atoms with Crippen LogP contribution in [0.4, 0.5) is 0 Å². The Morgan fingerprint density at radius 1 is 1.30 bits per heavy atom. The van der Waals surface area contributed by atoms with Gasteiger partial charge in [-0.2, -0.15) is 0 Å². The first-order valence-corrected chi connectivity index (χ1v) is 7.24. The van der Waals surface area contributed by atoms with Crippen LogP contribution in [0.1, 0.15) is 15.9 Å². The Kier molecular flexibility index (Phi) is 7.74. The van der Waals surface area contributed by atoms with Gasteiger partial charge in [0.05, 0.1) is 17.6 Å². The average molecular weight is 323 g/mol. The van der Waals surface area contributed by atoms with Crippen LogP contribution in [0.2, 0.25) is 0 Å². The smallest absolute Gasteiger partial charge is 0.337 e. The third kappa shape index (κ3) is 4.75. The van der Waals surface area contributed by atoms with E-state index >= 15 is 0 Å². The number of benzene rings is 1. The third-order valence-electron chi connectivity index (χ3n) is 2.55. The lowest BCUT2D eigenvalue weighted by atomic mass is 10.1. The summed E-state index contributed by atoms with van der Waals surface area (Å²) in [6.45, 7) is 2.48. The number of rotatable bonds is 6. The average Bonchev–Trinajstić information content (AvgIpc) is 2.37. The first-order valence-electron chi connectivity index (χ1n) is 5.75. The molecule has 114 valence electrons. The summed E-state index contributed by atoms with van der Waals surface area (Å²) >= 11 is 0. The molecule has 0 atom stereocenters. The van der Waals surface area contributed by atoms with Gasteiger partial charge in [0.25, 0.3) is 0 Å². The molecule has 0 bridgehead atoms. The van der Waals surface area contributed by atoms with Crippen molar-refractivity contribution in [2.24, 2.45) is 0 Å². The van der Waals surface area contributed by atoms with Crippen LogP contribution in [-0.2, 0) is 14.8 Å². The van der Waals surface area contributed by atoms with E-state index in [1.165, 1.54) is 25.3 Å². The largest absolute Gasteiger partial charge is 0.465 e. The molecular formula is C12H19ClN2O4S. The van der Waals surface area contributed by atoms with Crippen LogP contribution in [0.25, 0.3) is 0 Å². The fourth-order valence-electron chi connectivity index (χ4n) is 1.58. The Morgan fingerprint density at radius 2 is 1.95 bits per heavy atom. The van der Waals surface area contributed by atoms with Gasteiger partial charge in [0, 0.05) is 13.1 Å². The van der Waals surface area contributed by atoms with Crippen LogP contribution in [-0.4, -0.2) is 41.6 Å². The summed E-state index contributed by atoms with van der Waals surface area (Å²) in [4.78, 5) is 11.5. The molecule has 0 aliphatic carbocycles. The Balaban J connectivity index is 0.00000361. The molecule has 2 N–H and O–H groups in total. The van der Waals surface area contributed by atoms with Crippen LogP contribution in [0.5, 0.6) is 0 Å². The summed E-state index contributed by atoms with van der Waals surface area (Å²) in [5.74, 6) is -0.491. The molecule has 0 spiro atoms. The molecular weight excluding hydrogens is 304 g/mol. The lowest BCUT2D eigenvalue weighted by molar-refractivity contribution is 0.0600. The van der Waals surface area contributed by atoms with Gasteiger partial charge in [0.1, 0.15) is 0 Å². The van der Waals surface area contributed by atoms with Gasteiger partial charge < -0.3 is 10.1 Å². The minimum absolute atomic E-state index is 0. The molecule has 0 heterocycles. The lowest BCUT2D eigenvalue weighted by Crippen LogP contribution is -2.31.